The molecule has 8 heteroatoms. The van der Waals surface area contributed by atoms with E-state index in [9.17, 15) is 22.8 Å². The standard InChI is InChI=1S/C6H10F3N3O2/c1-4(13)10-2-3-11-5(14)12-6(7,8)9/h2-3H2,1H3,(H,10,13)(H2,11,12,14). The zero-order valence-corrected chi connectivity index (χ0v) is 7.36. The fraction of sp³-hybridized carbons (Fsp3) is 0.667. The first-order valence-electron chi connectivity index (χ1n) is 3.68. The Morgan fingerprint density at radius 3 is 2.07 bits per heavy atom. The monoisotopic (exact) mass is 213 g/mol. The number of rotatable bonds is 3. The average Bonchev–Trinajstić information content (AvgIpc) is 1.94. The zero-order chi connectivity index (χ0) is 11.2. The summed E-state index contributed by atoms with van der Waals surface area (Å²) in [5.41, 5.74) is 0. The molecule has 0 spiro atoms. The summed E-state index contributed by atoms with van der Waals surface area (Å²) in [4.78, 5) is 20.7. The first-order valence-corrected chi connectivity index (χ1v) is 3.68. The fourth-order valence-corrected chi connectivity index (χ4v) is 0.587. The van der Waals surface area contributed by atoms with Crippen LogP contribution < -0.4 is 16.0 Å². The molecule has 0 heterocycles. The van der Waals surface area contributed by atoms with Crippen molar-refractivity contribution in [1.82, 2.24) is 16.0 Å². The Morgan fingerprint density at radius 2 is 1.64 bits per heavy atom. The van der Waals surface area contributed by atoms with Gasteiger partial charge in [-0.05, 0) is 0 Å². The summed E-state index contributed by atoms with van der Waals surface area (Å²) < 4.78 is 34.5. The van der Waals surface area contributed by atoms with Crippen LogP contribution in [0.15, 0.2) is 0 Å². The highest BCUT2D eigenvalue weighted by atomic mass is 19.4. The van der Waals surface area contributed by atoms with Crippen molar-refractivity contribution in [3.63, 3.8) is 0 Å². The average molecular weight is 213 g/mol. The van der Waals surface area contributed by atoms with Crippen LogP contribution >= 0.6 is 0 Å². The maximum Gasteiger partial charge on any atom is 0.485 e. The lowest BCUT2D eigenvalue weighted by Crippen LogP contribution is -2.46. The van der Waals surface area contributed by atoms with Gasteiger partial charge in [0.15, 0.2) is 0 Å². The Kier molecular flexibility index (Phi) is 4.74. The molecule has 0 aliphatic rings. The predicted octanol–water partition coefficient (Wildman–Crippen LogP) is -0.0585. The minimum atomic E-state index is -4.74. The molecule has 0 aliphatic carbocycles. The molecule has 3 N–H and O–H groups in total. The van der Waals surface area contributed by atoms with Crippen LogP contribution in [-0.2, 0) is 4.79 Å². The van der Waals surface area contributed by atoms with E-state index in [0.29, 0.717) is 0 Å². The Labute approximate surface area is 78.0 Å². The van der Waals surface area contributed by atoms with Crippen molar-refractivity contribution in [2.75, 3.05) is 13.1 Å². The number of amides is 3. The molecule has 0 aromatic rings. The van der Waals surface area contributed by atoms with Crippen molar-refractivity contribution in [2.45, 2.75) is 13.2 Å². The van der Waals surface area contributed by atoms with E-state index < -0.39 is 12.3 Å². The van der Waals surface area contributed by atoms with Gasteiger partial charge in [0.1, 0.15) is 0 Å². The zero-order valence-electron chi connectivity index (χ0n) is 7.36. The van der Waals surface area contributed by atoms with Crippen LogP contribution in [0.25, 0.3) is 0 Å². The molecule has 82 valence electrons. The number of carbonyl (C=O) groups is 2. The summed E-state index contributed by atoms with van der Waals surface area (Å²) in [6.45, 7) is 1.28. The van der Waals surface area contributed by atoms with Gasteiger partial charge in [-0.3, -0.25) is 4.79 Å². The molecule has 0 saturated carbocycles. The van der Waals surface area contributed by atoms with Crippen LogP contribution in [0.1, 0.15) is 6.92 Å². The van der Waals surface area contributed by atoms with Gasteiger partial charge in [-0.1, -0.05) is 0 Å². The maximum absolute atomic E-state index is 11.5. The van der Waals surface area contributed by atoms with E-state index in [1.165, 1.54) is 6.92 Å². The fourth-order valence-electron chi connectivity index (χ4n) is 0.587. The minimum Gasteiger partial charge on any atom is -0.355 e. The molecule has 0 atom stereocenters. The number of halogens is 3. The van der Waals surface area contributed by atoms with Crippen LogP contribution in [0.2, 0.25) is 0 Å². The molecule has 0 aromatic heterocycles. The Balaban J connectivity index is 3.50. The van der Waals surface area contributed by atoms with E-state index in [2.05, 4.69) is 5.32 Å². The first kappa shape index (κ1) is 12.5. The van der Waals surface area contributed by atoms with Gasteiger partial charge in [-0.15, -0.1) is 0 Å². The lowest BCUT2D eigenvalue weighted by atomic mass is 10.6. The normalized spacial score (nSPS) is 10.6. The second-order valence-electron chi connectivity index (χ2n) is 2.36. The van der Waals surface area contributed by atoms with Gasteiger partial charge >= 0.3 is 12.3 Å². The SMILES string of the molecule is CC(=O)NCCNC(=O)NC(F)(F)F. The van der Waals surface area contributed by atoms with Crippen LogP contribution in [-0.4, -0.2) is 31.3 Å². The quantitative estimate of drug-likeness (QED) is 0.454. The van der Waals surface area contributed by atoms with Crippen molar-refractivity contribution in [3.8, 4) is 0 Å². The molecule has 0 bridgehead atoms. The topological polar surface area (TPSA) is 70.2 Å². The van der Waals surface area contributed by atoms with Crippen molar-refractivity contribution >= 4 is 11.9 Å². The van der Waals surface area contributed by atoms with Crippen molar-refractivity contribution in [3.05, 3.63) is 0 Å². The van der Waals surface area contributed by atoms with E-state index in [0.717, 1.165) is 5.32 Å². The van der Waals surface area contributed by atoms with Crippen LogP contribution in [0, 0.1) is 0 Å². The summed E-state index contributed by atoms with van der Waals surface area (Å²) in [6, 6.07) is -1.34. The van der Waals surface area contributed by atoms with E-state index in [1.54, 1.807) is 0 Å². The second-order valence-corrected chi connectivity index (χ2v) is 2.36. The molecule has 14 heavy (non-hydrogen) atoms. The third-order valence-corrected chi connectivity index (χ3v) is 1.04. The van der Waals surface area contributed by atoms with Crippen molar-refractivity contribution < 1.29 is 22.8 Å². The number of carbonyl (C=O) groups excluding carboxylic acids is 2. The van der Waals surface area contributed by atoms with Crippen LogP contribution in [0.3, 0.4) is 0 Å². The molecule has 0 aliphatic heterocycles. The van der Waals surface area contributed by atoms with Gasteiger partial charge in [0.2, 0.25) is 5.91 Å². The predicted molar refractivity (Wildman–Crippen MR) is 41.3 cm³/mol. The van der Waals surface area contributed by atoms with Gasteiger partial charge in [0.05, 0.1) is 0 Å². The Bertz CT molecular complexity index is 217. The minimum absolute atomic E-state index is 0.0680. The number of hydrogen-bond donors (Lipinski definition) is 3. The summed E-state index contributed by atoms with van der Waals surface area (Å²) in [7, 11) is 0. The third kappa shape index (κ3) is 8.62. The van der Waals surface area contributed by atoms with Gasteiger partial charge in [0, 0.05) is 20.0 Å². The highest BCUT2D eigenvalue weighted by molar-refractivity contribution is 5.74. The van der Waals surface area contributed by atoms with E-state index in [1.807, 2.05) is 5.32 Å². The molecule has 0 aromatic carbocycles. The van der Waals surface area contributed by atoms with Gasteiger partial charge in [-0.2, -0.15) is 13.2 Å². The summed E-state index contributed by atoms with van der Waals surface area (Å²) >= 11 is 0. The summed E-state index contributed by atoms with van der Waals surface area (Å²) in [6.07, 6.45) is -4.74. The summed E-state index contributed by atoms with van der Waals surface area (Å²) in [5, 5.41) is 4.96. The number of alkyl halides is 3. The molecular formula is C6H10F3N3O2. The van der Waals surface area contributed by atoms with Gasteiger partial charge in [0.25, 0.3) is 0 Å². The van der Waals surface area contributed by atoms with Crippen molar-refractivity contribution in [2.24, 2.45) is 0 Å². The van der Waals surface area contributed by atoms with Crippen molar-refractivity contribution in [1.29, 1.82) is 0 Å². The van der Waals surface area contributed by atoms with Crippen LogP contribution in [0.5, 0.6) is 0 Å². The lowest BCUT2D eigenvalue weighted by Gasteiger charge is -2.09. The molecule has 0 saturated heterocycles. The summed E-state index contributed by atoms with van der Waals surface area (Å²) in [5.74, 6) is -0.317. The highest BCUT2D eigenvalue weighted by Gasteiger charge is 2.29. The van der Waals surface area contributed by atoms with E-state index >= 15 is 0 Å². The number of hydrogen-bond acceptors (Lipinski definition) is 2. The molecule has 0 fully saturated rings. The lowest BCUT2D eigenvalue weighted by molar-refractivity contribution is -0.145. The third-order valence-electron chi connectivity index (χ3n) is 1.04. The molecular weight excluding hydrogens is 203 g/mol. The van der Waals surface area contributed by atoms with Gasteiger partial charge in [-0.25, -0.2) is 10.1 Å². The Hall–Kier alpha value is -1.47. The highest BCUT2D eigenvalue weighted by Crippen LogP contribution is 2.08. The first-order chi connectivity index (χ1) is 6.31. The number of nitrogens with one attached hydrogen (secondary N) is 3. The molecule has 0 unspecified atom stereocenters. The molecule has 5 nitrogen and oxygen atoms in total. The molecule has 3 amide bonds. The molecule has 0 rings (SSSR count). The second kappa shape index (κ2) is 5.30. The largest absolute Gasteiger partial charge is 0.485 e. The van der Waals surface area contributed by atoms with E-state index in [4.69, 9.17) is 0 Å². The van der Waals surface area contributed by atoms with E-state index in [-0.39, 0.29) is 19.0 Å². The maximum atomic E-state index is 11.5. The van der Waals surface area contributed by atoms with Gasteiger partial charge < -0.3 is 10.6 Å². The Morgan fingerprint density at radius 1 is 1.14 bits per heavy atom. The molecule has 0 radical (unpaired) electrons. The van der Waals surface area contributed by atoms with Crippen LogP contribution in [0.4, 0.5) is 18.0 Å². The number of urea groups is 1. The smallest absolute Gasteiger partial charge is 0.355 e.